The van der Waals surface area contributed by atoms with Crippen molar-refractivity contribution in [3.05, 3.63) is 93.8 Å². The largest absolute Gasteiger partial charge is 0.505 e. The lowest BCUT2D eigenvalue weighted by molar-refractivity contribution is -0.137. The molecule has 4 rings (SSSR count). The Kier molecular flexibility index (Phi) is 5.69. The van der Waals surface area contributed by atoms with Crippen molar-refractivity contribution in [2.45, 2.75) is 26.1 Å². The van der Waals surface area contributed by atoms with E-state index >= 15 is 0 Å². The van der Waals surface area contributed by atoms with E-state index in [1.165, 1.54) is 12.1 Å². The molecule has 0 spiro atoms. The Morgan fingerprint density at radius 3 is 2.50 bits per heavy atom. The molecule has 0 aliphatic rings. The van der Waals surface area contributed by atoms with Gasteiger partial charge in [0, 0.05) is 23.3 Å². The number of nitrogens with zero attached hydrogens (tertiary/aromatic N) is 2. The minimum Gasteiger partial charge on any atom is -0.505 e. The maximum Gasteiger partial charge on any atom is 0.417 e. The van der Waals surface area contributed by atoms with Crippen molar-refractivity contribution in [1.29, 1.82) is 0 Å². The van der Waals surface area contributed by atoms with Crippen molar-refractivity contribution >= 4 is 28.3 Å². The van der Waals surface area contributed by atoms with Gasteiger partial charge in [0.1, 0.15) is 17.1 Å². The molecule has 2 N–H and O–H groups in total. The van der Waals surface area contributed by atoms with Crippen LogP contribution in [-0.4, -0.2) is 15.1 Å². The molecule has 2 aromatic carbocycles. The molecule has 0 saturated carbocycles. The van der Waals surface area contributed by atoms with E-state index in [1.807, 2.05) is 13.8 Å². The van der Waals surface area contributed by atoms with Crippen LogP contribution in [0.3, 0.4) is 0 Å². The van der Waals surface area contributed by atoms with Crippen LogP contribution in [0.15, 0.2) is 60.9 Å². The van der Waals surface area contributed by atoms with E-state index in [1.54, 1.807) is 42.7 Å². The number of fused-ring (bicyclic) bond motifs is 1. The minimum absolute atomic E-state index is 0.118. The average molecular weight is 458 g/mol. The second kappa shape index (κ2) is 8.31. The third kappa shape index (κ3) is 4.21. The van der Waals surface area contributed by atoms with Gasteiger partial charge in [-0.15, -0.1) is 0 Å². The number of aryl methyl sites for hydroxylation is 2. The average Bonchev–Trinajstić information content (AvgIpc) is 2.75. The summed E-state index contributed by atoms with van der Waals surface area (Å²) in [5.74, 6) is 0.343. The van der Waals surface area contributed by atoms with Crippen LogP contribution >= 0.6 is 11.6 Å². The van der Waals surface area contributed by atoms with Crippen LogP contribution in [0.1, 0.15) is 33.9 Å². The number of aromatic hydroxyl groups is 1. The SMILES string of the molecule is Cc1cnc(NC(c2ccc(Cl)c(C(F)(F)F)c2)c2ccc3cccnc3c2O)cc1C. The molecule has 0 radical (unpaired) electrons. The summed E-state index contributed by atoms with van der Waals surface area (Å²) in [6.07, 6.45) is -1.40. The molecule has 4 nitrogen and oxygen atoms in total. The van der Waals surface area contributed by atoms with E-state index < -0.39 is 22.8 Å². The molecular weight excluding hydrogens is 439 g/mol. The fourth-order valence-electron chi connectivity index (χ4n) is 3.51. The van der Waals surface area contributed by atoms with Crippen LogP contribution in [0.4, 0.5) is 19.0 Å². The normalized spacial score (nSPS) is 12.7. The summed E-state index contributed by atoms with van der Waals surface area (Å²) < 4.78 is 40.6. The Labute approximate surface area is 187 Å². The number of benzene rings is 2. The molecule has 32 heavy (non-hydrogen) atoms. The second-order valence-corrected chi connectivity index (χ2v) is 7.95. The van der Waals surface area contributed by atoms with E-state index in [-0.39, 0.29) is 11.3 Å². The zero-order chi connectivity index (χ0) is 23.0. The molecule has 0 aliphatic carbocycles. The van der Waals surface area contributed by atoms with Crippen molar-refractivity contribution < 1.29 is 18.3 Å². The quantitative estimate of drug-likeness (QED) is 0.353. The molecule has 2 heterocycles. The summed E-state index contributed by atoms with van der Waals surface area (Å²) in [7, 11) is 0. The van der Waals surface area contributed by atoms with Crippen molar-refractivity contribution in [2.24, 2.45) is 0 Å². The van der Waals surface area contributed by atoms with Crippen molar-refractivity contribution in [2.75, 3.05) is 5.32 Å². The number of anilines is 1. The van der Waals surface area contributed by atoms with Gasteiger partial charge in [-0.3, -0.25) is 4.98 Å². The smallest absolute Gasteiger partial charge is 0.417 e. The Balaban J connectivity index is 1.90. The molecular formula is C24H19ClF3N3O. The highest BCUT2D eigenvalue weighted by Gasteiger charge is 2.34. The first-order valence-corrected chi connectivity index (χ1v) is 10.2. The van der Waals surface area contributed by atoms with Crippen LogP contribution < -0.4 is 5.32 Å². The summed E-state index contributed by atoms with van der Waals surface area (Å²) >= 11 is 5.83. The third-order valence-corrected chi connectivity index (χ3v) is 5.71. The highest BCUT2D eigenvalue weighted by atomic mass is 35.5. The zero-order valence-corrected chi connectivity index (χ0v) is 18.0. The first-order chi connectivity index (χ1) is 15.1. The summed E-state index contributed by atoms with van der Waals surface area (Å²) in [6, 6.07) is 11.6. The number of aromatic nitrogens is 2. The van der Waals surface area contributed by atoms with Crippen molar-refractivity contribution in [3.63, 3.8) is 0 Å². The Morgan fingerprint density at radius 1 is 1.00 bits per heavy atom. The maximum absolute atomic E-state index is 13.5. The number of rotatable bonds is 4. The standard InChI is InChI=1S/C24H19ClF3N3O/c1-13-10-20(30-12-14(13)2)31-21(16-6-8-19(25)18(11-16)24(26,27)28)17-7-5-15-4-3-9-29-22(15)23(17)32/h3-12,21,32H,1-2H3,(H,30,31). The first-order valence-electron chi connectivity index (χ1n) is 9.78. The molecule has 4 aromatic rings. The van der Waals surface area contributed by atoms with Gasteiger partial charge in [0.25, 0.3) is 0 Å². The van der Waals surface area contributed by atoms with Crippen molar-refractivity contribution in [1.82, 2.24) is 9.97 Å². The monoisotopic (exact) mass is 457 g/mol. The Bertz CT molecular complexity index is 1310. The molecule has 0 amide bonds. The van der Waals surface area contributed by atoms with E-state index in [0.29, 0.717) is 22.3 Å². The molecule has 0 bridgehead atoms. The van der Waals surface area contributed by atoms with E-state index in [9.17, 15) is 18.3 Å². The minimum atomic E-state index is -4.62. The predicted octanol–water partition coefficient (Wildman–Crippen LogP) is 6.83. The van der Waals surface area contributed by atoms with Gasteiger partial charge < -0.3 is 10.4 Å². The Hall–Kier alpha value is -3.32. The molecule has 0 fully saturated rings. The molecule has 8 heteroatoms. The van der Waals surface area contributed by atoms with Crippen LogP contribution in [0, 0.1) is 13.8 Å². The Morgan fingerprint density at radius 2 is 1.78 bits per heavy atom. The molecule has 1 atom stereocenters. The third-order valence-electron chi connectivity index (χ3n) is 5.38. The first kappa shape index (κ1) is 21.9. The topological polar surface area (TPSA) is 58.0 Å². The van der Waals surface area contributed by atoms with Crippen molar-refractivity contribution in [3.8, 4) is 5.75 Å². The van der Waals surface area contributed by atoms with Gasteiger partial charge in [-0.05, 0) is 54.8 Å². The number of phenolic OH excluding ortho intramolecular Hbond substituents is 1. The van der Waals surface area contributed by atoms with E-state index in [2.05, 4.69) is 15.3 Å². The fraction of sp³-hybridized carbons (Fsp3) is 0.167. The molecule has 0 saturated heterocycles. The van der Waals surface area contributed by atoms with Gasteiger partial charge in [-0.2, -0.15) is 13.2 Å². The summed E-state index contributed by atoms with van der Waals surface area (Å²) in [6.45, 7) is 3.83. The second-order valence-electron chi connectivity index (χ2n) is 7.55. The fourth-order valence-corrected chi connectivity index (χ4v) is 3.73. The maximum atomic E-state index is 13.5. The number of hydrogen-bond donors (Lipinski definition) is 2. The number of phenols is 1. The molecule has 2 aromatic heterocycles. The lowest BCUT2D eigenvalue weighted by atomic mass is 9.94. The number of pyridine rings is 2. The van der Waals surface area contributed by atoms with Gasteiger partial charge in [-0.1, -0.05) is 35.9 Å². The van der Waals surface area contributed by atoms with Gasteiger partial charge in [-0.25, -0.2) is 4.98 Å². The molecule has 164 valence electrons. The van der Waals surface area contributed by atoms with Gasteiger partial charge in [0.15, 0.2) is 0 Å². The lowest BCUT2D eigenvalue weighted by Gasteiger charge is -2.23. The molecule has 0 aliphatic heterocycles. The molecule has 1 unspecified atom stereocenters. The van der Waals surface area contributed by atoms with Crippen LogP contribution in [-0.2, 0) is 6.18 Å². The predicted molar refractivity (Wildman–Crippen MR) is 119 cm³/mol. The number of hydrogen-bond acceptors (Lipinski definition) is 4. The van der Waals surface area contributed by atoms with E-state index in [4.69, 9.17) is 11.6 Å². The number of halogens is 4. The van der Waals surface area contributed by atoms with Gasteiger partial charge >= 0.3 is 6.18 Å². The van der Waals surface area contributed by atoms with Crippen LogP contribution in [0.25, 0.3) is 10.9 Å². The van der Waals surface area contributed by atoms with Crippen LogP contribution in [0.5, 0.6) is 5.75 Å². The van der Waals surface area contributed by atoms with E-state index in [0.717, 1.165) is 17.2 Å². The highest BCUT2D eigenvalue weighted by molar-refractivity contribution is 6.31. The van der Waals surface area contributed by atoms with Gasteiger partial charge in [0.2, 0.25) is 0 Å². The van der Waals surface area contributed by atoms with Crippen LogP contribution in [0.2, 0.25) is 5.02 Å². The summed E-state index contributed by atoms with van der Waals surface area (Å²) in [4.78, 5) is 8.58. The zero-order valence-electron chi connectivity index (χ0n) is 17.2. The summed E-state index contributed by atoms with van der Waals surface area (Å²) in [5, 5.41) is 14.5. The highest BCUT2D eigenvalue weighted by Crippen LogP contribution is 2.40. The number of nitrogens with one attached hydrogen (secondary N) is 1. The lowest BCUT2D eigenvalue weighted by Crippen LogP contribution is -2.16. The van der Waals surface area contributed by atoms with Gasteiger partial charge in [0.05, 0.1) is 16.6 Å². The number of alkyl halides is 3. The summed E-state index contributed by atoms with van der Waals surface area (Å²) in [5.41, 5.74) is 2.00.